The van der Waals surface area contributed by atoms with Crippen LogP contribution in [0.25, 0.3) is 0 Å². The molecule has 0 spiro atoms. The summed E-state index contributed by atoms with van der Waals surface area (Å²) in [4.78, 5) is 15.1. The van der Waals surface area contributed by atoms with Crippen molar-refractivity contribution in [2.24, 2.45) is 0 Å². The van der Waals surface area contributed by atoms with E-state index < -0.39 is 24.0 Å². The van der Waals surface area contributed by atoms with Crippen molar-refractivity contribution in [3.05, 3.63) is 54.4 Å². The highest BCUT2D eigenvalue weighted by atomic mass is 19.4. The zero-order valence-electron chi connectivity index (χ0n) is 9.59. The molecule has 0 aliphatic rings. The first-order valence-corrected chi connectivity index (χ1v) is 5.39. The third-order valence-corrected chi connectivity index (χ3v) is 2.38. The zero-order chi connectivity index (χ0) is 13.9. The normalized spacial score (nSPS) is 11.1. The molecule has 7 heteroatoms. The molecule has 0 amide bonds. The standard InChI is InChI=1S/C12H8BF3NO2/c14-13(15,16)11-8-17-7-6-10(11)12(18)19-9-4-2-1-3-5-9/h1-8H/q-1. The van der Waals surface area contributed by atoms with Crippen molar-refractivity contribution in [1.82, 2.24) is 4.98 Å². The van der Waals surface area contributed by atoms with Gasteiger partial charge in [0, 0.05) is 18.0 Å². The van der Waals surface area contributed by atoms with Crippen LogP contribution in [0.4, 0.5) is 12.9 Å². The molecule has 1 heterocycles. The number of esters is 1. The first-order chi connectivity index (χ1) is 8.98. The summed E-state index contributed by atoms with van der Waals surface area (Å²) >= 11 is 0. The van der Waals surface area contributed by atoms with Gasteiger partial charge in [0.05, 0.1) is 0 Å². The highest BCUT2D eigenvalue weighted by Crippen LogP contribution is 2.14. The van der Waals surface area contributed by atoms with Crippen LogP contribution in [0.5, 0.6) is 5.75 Å². The first kappa shape index (κ1) is 13.1. The summed E-state index contributed by atoms with van der Waals surface area (Å²) in [5.41, 5.74) is -1.59. The molecule has 19 heavy (non-hydrogen) atoms. The van der Waals surface area contributed by atoms with Gasteiger partial charge in [-0.15, -0.1) is 0 Å². The van der Waals surface area contributed by atoms with Gasteiger partial charge in [-0.3, -0.25) is 4.98 Å². The SMILES string of the molecule is O=C(Oc1ccccc1)c1ccncc1[B-](F)(F)F. The lowest BCUT2D eigenvalue weighted by Crippen LogP contribution is -2.39. The number of carbonyl (C=O) groups excluding carboxylic acids is 1. The highest BCUT2D eigenvalue weighted by Gasteiger charge is 2.31. The summed E-state index contributed by atoms with van der Waals surface area (Å²) < 4.78 is 43.2. The van der Waals surface area contributed by atoms with Crippen molar-refractivity contribution in [1.29, 1.82) is 0 Å². The summed E-state index contributed by atoms with van der Waals surface area (Å²) in [6.45, 7) is -5.31. The Labute approximate surface area is 107 Å². The average Bonchev–Trinajstić information content (AvgIpc) is 2.39. The number of ether oxygens (including phenoxy) is 1. The number of para-hydroxylation sites is 1. The summed E-state index contributed by atoms with van der Waals surface area (Å²) in [7, 11) is 0. The van der Waals surface area contributed by atoms with Crippen molar-refractivity contribution in [2.75, 3.05) is 0 Å². The van der Waals surface area contributed by atoms with Crippen LogP contribution >= 0.6 is 0 Å². The Morgan fingerprint density at radius 2 is 1.79 bits per heavy atom. The van der Waals surface area contributed by atoms with Crippen LogP contribution in [0, 0.1) is 0 Å². The van der Waals surface area contributed by atoms with Gasteiger partial charge < -0.3 is 17.7 Å². The third-order valence-electron chi connectivity index (χ3n) is 2.38. The van der Waals surface area contributed by atoms with Gasteiger partial charge in [0.15, 0.2) is 0 Å². The minimum atomic E-state index is -5.31. The Balaban J connectivity index is 2.30. The highest BCUT2D eigenvalue weighted by molar-refractivity contribution is 6.74. The maximum absolute atomic E-state index is 12.8. The molecular formula is C12H8BF3NO2-. The van der Waals surface area contributed by atoms with Crippen molar-refractivity contribution >= 4 is 18.4 Å². The predicted octanol–water partition coefficient (Wildman–Crippen LogP) is 2.36. The van der Waals surface area contributed by atoms with Gasteiger partial charge in [-0.1, -0.05) is 23.7 Å². The summed E-state index contributed by atoms with van der Waals surface area (Å²) in [6, 6.07) is 8.90. The Morgan fingerprint density at radius 3 is 2.42 bits per heavy atom. The molecule has 0 aliphatic heterocycles. The molecule has 3 nitrogen and oxygen atoms in total. The predicted molar refractivity (Wildman–Crippen MR) is 64.3 cm³/mol. The number of halogens is 3. The van der Waals surface area contributed by atoms with E-state index in [4.69, 9.17) is 4.74 Å². The molecule has 2 rings (SSSR count). The molecule has 0 saturated carbocycles. The number of aromatic nitrogens is 1. The quantitative estimate of drug-likeness (QED) is 0.486. The molecule has 2 aromatic rings. The number of pyridine rings is 1. The second-order valence-corrected chi connectivity index (χ2v) is 3.74. The number of hydrogen-bond donors (Lipinski definition) is 0. The largest absolute Gasteiger partial charge is 0.511 e. The molecule has 1 aromatic carbocycles. The fourth-order valence-electron chi connectivity index (χ4n) is 1.50. The van der Waals surface area contributed by atoms with E-state index in [1.54, 1.807) is 18.2 Å². The van der Waals surface area contributed by atoms with E-state index >= 15 is 0 Å². The Bertz CT molecular complexity index is 587. The van der Waals surface area contributed by atoms with E-state index in [1.165, 1.54) is 12.1 Å². The summed E-state index contributed by atoms with van der Waals surface area (Å²) in [5.74, 6) is -0.868. The van der Waals surface area contributed by atoms with Gasteiger partial charge in [0.1, 0.15) is 5.75 Å². The molecule has 0 unspecified atom stereocenters. The first-order valence-electron chi connectivity index (χ1n) is 5.39. The maximum Gasteiger partial charge on any atom is 0.511 e. The van der Waals surface area contributed by atoms with Gasteiger partial charge in [0.25, 0.3) is 0 Å². The van der Waals surface area contributed by atoms with Crippen molar-refractivity contribution in [3.8, 4) is 5.75 Å². The van der Waals surface area contributed by atoms with Crippen LogP contribution in [-0.4, -0.2) is 17.9 Å². The van der Waals surface area contributed by atoms with Gasteiger partial charge in [-0.2, -0.15) is 0 Å². The zero-order valence-corrected chi connectivity index (χ0v) is 9.59. The third kappa shape index (κ3) is 3.12. The van der Waals surface area contributed by atoms with Crippen molar-refractivity contribution in [3.63, 3.8) is 0 Å². The summed E-state index contributed by atoms with van der Waals surface area (Å²) in [6.07, 6.45) is 1.74. The molecule has 98 valence electrons. The fourth-order valence-corrected chi connectivity index (χ4v) is 1.50. The van der Waals surface area contributed by atoms with Crippen LogP contribution in [-0.2, 0) is 0 Å². The maximum atomic E-state index is 12.8. The average molecular weight is 266 g/mol. The van der Waals surface area contributed by atoms with Crippen LogP contribution < -0.4 is 10.2 Å². The molecule has 0 N–H and O–H groups in total. The Hall–Kier alpha value is -2.31. The van der Waals surface area contributed by atoms with E-state index in [-0.39, 0.29) is 5.75 Å². The number of carbonyl (C=O) groups is 1. The van der Waals surface area contributed by atoms with Crippen molar-refractivity contribution < 1.29 is 22.5 Å². The number of nitrogens with zero attached hydrogens (tertiary/aromatic N) is 1. The summed E-state index contributed by atoms with van der Waals surface area (Å²) in [5, 5.41) is 0. The van der Waals surface area contributed by atoms with Gasteiger partial charge in [0.2, 0.25) is 0 Å². The van der Waals surface area contributed by atoms with Crippen LogP contribution in [0.15, 0.2) is 48.8 Å². The van der Waals surface area contributed by atoms with E-state index in [2.05, 4.69) is 4.98 Å². The topological polar surface area (TPSA) is 39.2 Å². The van der Waals surface area contributed by atoms with E-state index in [9.17, 15) is 17.7 Å². The molecule has 1 aromatic heterocycles. The van der Waals surface area contributed by atoms with E-state index in [1.807, 2.05) is 0 Å². The van der Waals surface area contributed by atoms with Crippen molar-refractivity contribution in [2.45, 2.75) is 0 Å². The second kappa shape index (κ2) is 5.13. The minimum Gasteiger partial charge on any atom is -0.445 e. The molecule has 0 fully saturated rings. The van der Waals surface area contributed by atoms with Gasteiger partial charge >= 0.3 is 12.9 Å². The molecular weight excluding hydrogens is 258 g/mol. The monoisotopic (exact) mass is 266 g/mol. The molecule has 0 saturated heterocycles. The van der Waals surface area contributed by atoms with E-state index in [0.29, 0.717) is 6.20 Å². The van der Waals surface area contributed by atoms with Crippen LogP contribution in [0.1, 0.15) is 10.4 Å². The second-order valence-electron chi connectivity index (χ2n) is 3.74. The fraction of sp³-hybridized carbons (Fsp3) is 0. The molecule has 0 radical (unpaired) electrons. The number of benzene rings is 1. The minimum absolute atomic E-state index is 0.185. The lowest BCUT2D eigenvalue weighted by molar-refractivity contribution is 0.0735. The van der Waals surface area contributed by atoms with E-state index in [0.717, 1.165) is 12.3 Å². The van der Waals surface area contributed by atoms with Gasteiger partial charge in [-0.05, 0) is 18.2 Å². The van der Waals surface area contributed by atoms with Crippen LogP contribution in [0.3, 0.4) is 0 Å². The number of rotatable bonds is 3. The Kier molecular flexibility index (Phi) is 3.55. The van der Waals surface area contributed by atoms with Crippen LogP contribution in [0.2, 0.25) is 0 Å². The molecule has 0 atom stereocenters. The lowest BCUT2D eigenvalue weighted by atomic mass is 9.78. The van der Waals surface area contributed by atoms with Gasteiger partial charge in [-0.25, -0.2) is 4.79 Å². The molecule has 0 aliphatic carbocycles. The molecule has 0 bridgehead atoms. The Morgan fingerprint density at radius 1 is 1.11 bits per heavy atom. The lowest BCUT2D eigenvalue weighted by Gasteiger charge is -2.17. The smallest absolute Gasteiger partial charge is 0.445 e. The number of hydrogen-bond acceptors (Lipinski definition) is 3.